The van der Waals surface area contributed by atoms with Gasteiger partial charge in [0.05, 0.1) is 11.3 Å². The normalized spacial score (nSPS) is 15.3. The Labute approximate surface area is 221 Å². The van der Waals surface area contributed by atoms with Crippen molar-refractivity contribution < 1.29 is 13.2 Å². The third kappa shape index (κ3) is 6.82. The molecule has 1 saturated heterocycles. The highest BCUT2D eigenvalue weighted by atomic mass is 19.4. The van der Waals surface area contributed by atoms with Gasteiger partial charge in [-0.1, -0.05) is 42.5 Å². The molecule has 0 spiro atoms. The van der Waals surface area contributed by atoms with Gasteiger partial charge >= 0.3 is 6.18 Å². The highest BCUT2D eigenvalue weighted by Gasteiger charge is 2.30. The molecule has 4 aromatic rings. The second-order valence-electron chi connectivity index (χ2n) is 9.59. The van der Waals surface area contributed by atoms with Crippen LogP contribution in [-0.4, -0.2) is 57.5 Å². The van der Waals surface area contributed by atoms with Crippen LogP contribution in [0.3, 0.4) is 0 Å². The summed E-state index contributed by atoms with van der Waals surface area (Å²) in [6.07, 6.45) is 1.02. The van der Waals surface area contributed by atoms with E-state index in [-0.39, 0.29) is 0 Å². The second kappa shape index (κ2) is 11.8. The van der Waals surface area contributed by atoms with Gasteiger partial charge in [0.25, 0.3) is 0 Å². The van der Waals surface area contributed by atoms with Crippen molar-refractivity contribution in [3.63, 3.8) is 0 Å². The predicted molar refractivity (Wildman–Crippen MR) is 142 cm³/mol. The van der Waals surface area contributed by atoms with Crippen molar-refractivity contribution >= 4 is 0 Å². The Hall–Kier alpha value is -3.62. The Morgan fingerprint density at radius 1 is 0.737 bits per heavy atom. The van der Waals surface area contributed by atoms with E-state index in [0.29, 0.717) is 12.4 Å². The maximum atomic E-state index is 12.9. The molecule has 1 aliphatic heterocycles. The summed E-state index contributed by atoms with van der Waals surface area (Å²) in [6.45, 7) is 5.24. The smallest absolute Gasteiger partial charge is 0.302 e. The highest BCUT2D eigenvalue weighted by Crippen LogP contribution is 2.29. The van der Waals surface area contributed by atoms with Crippen LogP contribution >= 0.6 is 0 Å². The Morgan fingerprint density at radius 3 is 2.18 bits per heavy atom. The van der Waals surface area contributed by atoms with Gasteiger partial charge in [0.15, 0.2) is 5.82 Å². The summed E-state index contributed by atoms with van der Waals surface area (Å²) >= 11 is 0. The Kier molecular flexibility index (Phi) is 8.10. The third-order valence-electron chi connectivity index (χ3n) is 6.84. The van der Waals surface area contributed by atoms with E-state index >= 15 is 0 Å². The lowest BCUT2D eigenvalue weighted by Gasteiger charge is -2.22. The molecule has 2 aromatic heterocycles. The van der Waals surface area contributed by atoms with Crippen molar-refractivity contribution in [2.24, 2.45) is 0 Å². The lowest BCUT2D eigenvalue weighted by Crippen LogP contribution is -2.32. The molecule has 5 nitrogen and oxygen atoms in total. The van der Waals surface area contributed by atoms with Crippen molar-refractivity contribution in [1.29, 1.82) is 0 Å². The van der Waals surface area contributed by atoms with Crippen LogP contribution in [0.5, 0.6) is 0 Å². The maximum Gasteiger partial charge on any atom is 0.416 e. The summed E-state index contributed by atoms with van der Waals surface area (Å²) < 4.78 is 38.6. The number of hydrogen-bond donors (Lipinski definition) is 0. The molecule has 8 heteroatoms. The van der Waals surface area contributed by atoms with E-state index in [2.05, 4.69) is 33.0 Å². The zero-order chi connectivity index (χ0) is 26.4. The van der Waals surface area contributed by atoms with Gasteiger partial charge < -0.3 is 4.90 Å². The number of aromatic nitrogens is 3. The summed E-state index contributed by atoms with van der Waals surface area (Å²) in [6, 6.07) is 21.6. The average Bonchev–Trinajstić information content (AvgIpc) is 3.17. The molecule has 0 amide bonds. The van der Waals surface area contributed by atoms with Gasteiger partial charge in [-0.25, -0.2) is 9.97 Å². The van der Waals surface area contributed by atoms with Gasteiger partial charge in [0.2, 0.25) is 0 Å². The van der Waals surface area contributed by atoms with E-state index in [1.54, 1.807) is 24.5 Å². The molecule has 0 radical (unpaired) electrons. The minimum atomic E-state index is -4.30. The standard InChI is InChI=1S/C30H30F3N5/c31-30(32,33)26-9-7-23(8-10-26)22-38-17-4-16-37(19-20-38)18-13-27-21-28(24-5-2-1-3-6-24)36-29(35-27)25-11-14-34-15-12-25/h1-3,5-12,14-15,21H,4,13,16-20,22H2. The van der Waals surface area contributed by atoms with E-state index in [1.807, 2.05) is 30.3 Å². The molecule has 3 heterocycles. The first-order valence-electron chi connectivity index (χ1n) is 12.9. The molecule has 0 unspecified atom stereocenters. The summed E-state index contributed by atoms with van der Waals surface area (Å²) in [7, 11) is 0. The largest absolute Gasteiger partial charge is 0.416 e. The molecule has 38 heavy (non-hydrogen) atoms. The first-order valence-corrected chi connectivity index (χ1v) is 12.9. The molecular formula is C30H30F3N5. The number of pyridine rings is 1. The predicted octanol–water partition coefficient (Wildman–Crippen LogP) is 5.97. The Bertz CT molecular complexity index is 1250. The lowest BCUT2D eigenvalue weighted by atomic mass is 10.1. The minimum Gasteiger partial charge on any atom is -0.302 e. The molecule has 1 fully saturated rings. The topological polar surface area (TPSA) is 45.2 Å². The van der Waals surface area contributed by atoms with Gasteiger partial charge in [-0.2, -0.15) is 13.2 Å². The molecular weight excluding hydrogens is 487 g/mol. The number of hydrogen-bond acceptors (Lipinski definition) is 5. The molecule has 5 rings (SSSR count). The molecule has 2 aromatic carbocycles. The van der Waals surface area contributed by atoms with Crippen LogP contribution in [0.1, 0.15) is 23.2 Å². The van der Waals surface area contributed by atoms with Crippen LogP contribution in [0, 0.1) is 0 Å². The monoisotopic (exact) mass is 517 g/mol. The van der Waals surface area contributed by atoms with Gasteiger partial charge in [-0.05, 0) is 55.4 Å². The fraction of sp³-hybridized carbons (Fsp3) is 0.300. The van der Waals surface area contributed by atoms with E-state index in [9.17, 15) is 13.2 Å². The van der Waals surface area contributed by atoms with Gasteiger partial charge in [0, 0.05) is 61.8 Å². The SMILES string of the molecule is FC(F)(F)c1ccc(CN2CCCN(CCc3cc(-c4ccccc4)nc(-c4ccncc4)n3)CC2)cc1. The van der Waals surface area contributed by atoms with Crippen molar-refractivity contribution in [2.75, 3.05) is 32.7 Å². The second-order valence-corrected chi connectivity index (χ2v) is 9.59. The first kappa shape index (κ1) is 26.0. The Balaban J connectivity index is 1.23. The zero-order valence-electron chi connectivity index (χ0n) is 21.1. The van der Waals surface area contributed by atoms with E-state index < -0.39 is 11.7 Å². The molecule has 0 N–H and O–H groups in total. The summed E-state index contributed by atoms with van der Waals surface area (Å²) in [5, 5.41) is 0. The fourth-order valence-corrected chi connectivity index (χ4v) is 4.75. The minimum absolute atomic E-state index is 0.601. The molecule has 0 saturated carbocycles. The van der Waals surface area contributed by atoms with Crippen LogP contribution in [0.4, 0.5) is 13.2 Å². The zero-order valence-corrected chi connectivity index (χ0v) is 21.1. The van der Waals surface area contributed by atoms with Crippen LogP contribution in [-0.2, 0) is 19.1 Å². The Morgan fingerprint density at radius 2 is 1.45 bits per heavy atom. The van der Waals surface area contributed by atoms with Crippen molar-refractivity contribution in [1.82, 2.24) is 24.8 Å². The molecule has 0 atom stereocenters. The average molecular weight is 518 g/mol. The number of halogens is 3. The number of benzene rings is 2. The number of alkyl halides is 3. The van der Waals surface area contributed by atoms with Gasteiger partial charge in [-0.3, -0.25) is 9.88 Å². The third-order valence-corrected chi connectivity index (χ3v) is 6.84. The summed E-state index contributed by atoms with van der Waals surface area (Å²) in [5.41, 5.74) is 4.20. The molecule has 196 valence electrons. The van der Waals surface area contributed by atoms with Crippen molar-refractivity contribution in [3.8, 4) is 22.6 Å². The van der Waals surface area contributed by atoms with E-state index in [4.69, 9.17) is 9.97 Å². The van der Waals surface area contributed by atoms with E-state index in [0.717, 1.165) is 73.6 Å². The molecule has 0 aliphatic carbocycles. The van der Waals surface area contributed by atoms with E-state index in [1.165, 1.54) is 12.1 Å². The number of nitrogens with zero attached hydrogens (tertiary/aromatic N) is 5. The lowest BCUT2D eigenvalue weighted by molar-refractivity contribution is -0.137. The van der Waals surface area contributed by atoms with Crippen LogP contribution < -0.4 is 0 Å². The van der Waals surface area contributed by atoms with Crippen LogP contribution in [0.15, 0.2) is 85.2 Å². The van der Waals surface area contributed by atoms with Gasteiger partial charge in [0.1, 0.15) is 0 Å². The van der Waals surface area contributed by atoms with Crippen LogP contribution in [0.2, 0.25) is 0 Å². The van der Waals surface area contributed by atoms with Crippen molar-refractivity contribution in [2.45, 2.75) is 25.6 Å². The quantitative estimate of drug-likeness (QED) is 0.302. The molecule has 0 bridgehead atoms. The first-order chi connectivity index (χ1) is 18.4. The maximum absolute atomic E-state index is 12.9. The van der Waals surface area contributed by atoms with Gasteiger partial charge in [-0.15, -0.1) is 0 Å². The summed E-state index contributed by atoms with van der Waals surface area (Å²) in [5.74, 6) is 0.697. The summed E-state index contributed by atoms with van der Waals surface area (Å²) in [4.78, 5) is 18.6. The van der Waals surface area contributed by atoms with Crippen LogP contribution in [0.25, 0.3) is 22.6 Å². The highest BCUT2D eigenvalue weighted by molar-refractivity contribution is 5.63. The fourth-order valence-electron chi connectivity index (χ4n) is 4.75. The molecule has 1 aliphatic rings. The van der Waals surface area contributed by atoms with Crippen molar-refractivity contribution in [3.05, 3.63) is 102 Å². The number of rotatable bonds is 7.